The molecule has 5 N–H and O–H groups in total. The zero-order valence-corrected chi connectivity index (χ0v) is 12.2. The maximum absolute atomic E-state index is 14.0. The van der Waals surface area contributed by atoms with E-state index in [4.69, 9.17) is 11.5 Å². The van der Waals surface area contributed by atoms with Gasteiger partial charge < -0.3 is 16.8 Å². The van der Waals surface area contributed by atoms with Crippen molar-refractivity contribution in [1.29, 1.82) is 0 Å². The molecule has 2 aromatic rings. The van der Waals surface area contributed by atoms with E-state index in [9.17, 15) is 9.18 Å². The summed E-state index contributed by atoms with van der Waals surface area (Å²) in [7, 11) is 0. The number of nitrogens with zero attached hydrogens (tertiary/aromatic N) is 2. The maximum atomic E-state index is 14.0. The van der Waals surface area contributed by atoms with Gasteiger partial charge in [0, 0.05) is 11.3 Å². The summed E-state index contributed by atoms with van der Waals surface area (Å²) in [6.07, 6.45) is 6.00. The number of carbonyl (C=O) groups excluding carboxylic acids is 1. The van der Waals surface area contributed by atoms with E-state index in [0.717, 1.165) is 0 Å². The van der Waals surface area contributed by atoms with Crippen LogP contribution in [0.15, 0.2) is 67.2 Å². The summed E-state index contributed by atoms with van der Waals surface area (Å²) < 4.78 is 15.4. The first kappa shape index (κ1) is 16.0. The van der Waals surface area contributed by atoms with Gasteiger partial charge in [-0.3, -0.25) is 0 Å². The van der Waals surface area contributed by atoms with Crippen LogP contribution in [0.2, 0.25) is 0 Å². The Hall–Kier alpha value is -3.35. The van der Waals surface area contributed by atoms with Crippen LogP contribution in [-0.2, 0) is 0 Å². The third kappa shape index (κ3) is 3.85. The molecular formula is C16H16FN5O. The summed E-state index contributed by atoms with van der Waals surface area (Å²) >= 11 is 0. The van der Waals surface area contributed by atoms with Crippen LogP contribution in [0.25, 0.3) is 11.3 Å². The second kappa shape index (κ2) is 7.08. The number of carbonyl (C=O) groups is 1. The standard InChI is InChI=1S/C16H16FN5O/c1-11(21-16(19)23)10-12(6-8-18)14-7-9-20-22(14)15-5-3-2-4-13(15)17/h2-10H,1,18H2,(H3,19,21,23)/b8-6-,12-10+. The average molecular weight is 313 g/mol. The fraction of sp³-hybridized carbons (Fsp3) is 0. The summed E-state index contributed by atoms with van der Waals surface area (Å²) in [6, 6.07) is 7.21. The highest BCUT2D eigenvalue weighted by Crippen LogP contribution is 2.22. The molecule has 0 bridgehead atoms. The molecule has 2 amide bonds. The molecule has 0 saturated carbocycles. The molecule has 118 valence electrons. The van der Waals surface area contributed by atoms with Crippen molar-refractivity contribution >= 4 is 11.6 Å². The Kier molecular flexibility index (Phi) is 4.93. The van der Waals surface area contributed by atoms with Crippen LogP contribution in [0.4, 0.5) is 9.18 Å². The fourth-order valence-electron chi connectivity index (χ4n) is 2.03. The largest absolute Gasteiger partial charge is 0.405 e. The molecule has 0 aliphatic carbocycles. The molecule has 2 rings (SSSR count). The first-order chi connectivity index (χ1) is 11.0. The molecule has 6 nitrogen and oxygen atoms in total. The van der Waals surface area contributed by atoms with Gasteiger partial charge in [0.25, 0.3) is 0 Å². The van der Waals surface area contributed by atoms with Crippen molar-refractivity contribution in [1.82, 2.24) is 15.1 Å². The van der Waals surface area contributed by atoms with E-state index in [2.05, 4.69) is 17.0 Å². The summed E-state index contributed by atoms with van der Waals surface area (Å²) in [4.78, 5) is 10.9. The van der Waals surface area contributed by atoms with Gasteiger partial charge in [0.1, 0.15) is 11.5 Å². The molecule has 0 atom stereocenters. The topological polar surface area (TPSA) is 99.0 Å². The summed E-state index contributed by atoms with van der Waals surface area (Å²) in [5, 5.41) is 6.49. The van der Waals surface area contributed by atoms with Crippen LogP contribution in [0, 0.1) is 5.82 Å². The first-order valence-corrected chi connectivity index (χ1v) is 6.67. The number of amides is 2. The summed E-state index contributed by atoms with van der Waals surface area (Å²) in [5.74, 6) is -0.414. The van der Waals surface area contributed by atoms with Crippen molar-refractivity contribution in [2.45, 2.75) is 0 Å². The van der Waals surface area contributed by atoms with Crippen molar-refractivity contribution in [3.05, 3.63) is 78.7 Å². The highest BCUT2D eigenvalue weighted by atomic mass is 19.1. The molecule has 0 spiro atoms. The molecule has 0 radical (unpaired) electrons. The zero-order valence-electron chi connectivity index (χ0n) is 12.2. The van der Waals surface area contributed by atoms with E-state index in [1.165, 1.54) is 23.1 Å². The third-order valence-corrected chi connectivity index (χ3v) is 2.91. The zero-order chi connectivity index (χ0) is 16.8. The van der Waals surface area contributed by atoms with Gasteiger partial charge in [-0.15, -0.1) is 0 Å². The Bertz CT molecular complexity index is 791. The van der Waals surface area contributed by atoms with E-state index in [-0.39, 0.29) is 11.4 Å². The lowest BCUT2D eigenvalue weighted by atomic mass is 10.1. The van der Waals surface area contributed by atoms with Crippen molar-refractivity contribution < 1.29 is 9.18 Å². The Labute approximate surface area is 132 Å². The van der Waals surface area contributed by atoms with Crippen molar-refractivity contribution in [3.8, 4) is 5.69 Å². The number of benzene rings is 1. The van der Waals surface area contributed by atoms with Gasteiger partial charge in [0.15, 0.2) is 0 Å². The van der Waals surface area contributed by atoms with Crippen LogP contribution < -0.4 is 16.8 Å². The van der Waals surface area contributed by atoms with Gasteiger partial charge in [-0.1, -0.05) is 18.7 Å². The Morgan fingerprint density at radius 1 is 1.35 bits per heavy atom. The van der Waals surface area contributed by atoms with Gasteiger partial charge in [-0.2, -0.15) is 5.10 Å². The average Bonchev–Trinajstić information content (AvgIpc) is 2.95. The van der Waals surface area contributed by atoms with Gasteiger partial charge >= 0.3 is 6.03 Å². The molecule has 1 heterocycles. The Morgan fingerprint density at radius 2 is 2.09 bits per heavy atom. The number of nitrogens with one attached hydrogen (secondary N) is 1. The summed E-state index contributed by atoms with van der Waals surface area (Å²) in [6.45, 7) is 3.68. The number of hydrogen-bond donors (Lipinski definition) is 3. The molecule has 1 aromatic heterocycles. The lowest BCUT2D eigenvalue weighted by Gasteiger charge is -2.10. The molecule has 0 saturated heterocycles. The second-order valence-electron chi connectivity index (χ2n) is 4.55. The highest BCUT2D eigenvalue weighted by molar-refractivity contribution is 5.78. The van der Waals surface area contributed by atoms with Crippen molar-refractivity contribution in [2.75, 3.05) is 0 Å². The van der Waals surface area contributed by atoms with Crippen LogP contribution in [-0.4, -0.2) is 15.8 Å². The number of rotatable bonds is 5. The number of primary amides is 1. The predicted octanol–water partition coefficient (Wildman–Crippen LogP) is 2.05. The van der Waals surface area contributed by atoms with Crippen LogP contribution >= 0.6 is 0 Å². The van der Waals surface area contributed by atoms with Gasteiger partial charge in [0.2, 0.25) is 0 Å². The highest BCUT2D eigenvalue weighted by Gasteiger charge is 2.12. The van der Waals surface area contributed by atoms with Crippen LogP contribution in [0.1, 0.15) is 5.69 Å². The fourth-order valence-corrected chi connectivity index (χ4v) is 2.03. The lowest BCUT2D eigenvalue weighted by molar-refractivity contribution is 0.251. The minimum atomic E-state index is -0.732. The number of allylic oxidation sites excluding steroid dienone is 3. The predicted molar refractivity (Wildman–Crippen MR) is 86.7 cm³/mol. The normalized spacial score (nSPS) is 11.6. The van der Waals surface area contributed by atoms with E-state index < -0.39 is 11.8 Å². The molecule has 23 heavy (non-hydrogen) atoms. The van der Waals surface area contributed by atoms with Crippen molar-refractivity contribution in [2.24, 2.45) is 11.5 Å². The monoisotopic (exact) mass is 313 g/mol. The maximum Gasteiger partial charge on any atom is 0.316 e. The first-order valence-electron chi connectivity index (χ1n) is 6.67. The van der Waals surface area contributed by atoms with E-state index >= 15 is 0 Å². The smallest absolute Gasteiger partial charge is 0.316 e. The minimum absolute atomic E-state index is 0.270. The van der Waals surface area contributed by atoms with Gasteiger partial charge in [-0.25, -0.2) is 13.9 Å². The molecule has 0 unspecified atom stereocenters. The number of urea groups is 1. The Balaban J connectivity index is 2.49. The van der Waals surface area contributed by atoms with Crippen molar-refractivity contribution in [3.63, 3.8) is 0 Å². The lowest BCUT2D eigenvalue weighted by Crippen LogP contribution is -2.27. The number of halogens is 1. The molecule has 0 fully saturated rings. The van der Waals surface area contributed by atoms with Gasteiger partial charge in [-0.05, 0) is 36.6 Å². The molecule has 0 aliphatic heterocycles. The number of nitrogens with two attached hydrogens (primary N) is 2. The van der Waals surface area contributed by atoms with Crippen LogP contribution in [0.5, 0.6) is 0 Å². The second-order valence-corrected chi connectivity index (χ2v) is 4.55. The number of para-hydroxylation sites is 1. The summed E-state index contributed by atoms with van der Waals surface area (Å²) in [5.41, 5.74) is 12.2. The van der Waals surface area contributed by atoms with E-state index in [1.54, 1.807) is 36.4 Å². The van der Waals surface area contributed by atoms with E-state index in [0.29, 0.717) is 11.3 Å². The van der Waals surface area contributed by atoms with Gasteiger partial charge in [0.05, 0.1) is 11.9 Å². The number of hydrogen-bond acceptors (Lipinski definition) is 3. The third-order valence-electron chi connectivity index (χ3n) is 2.91. The number of aromatic nitrogens is 2. The van der Waals surface area contributed by atoms with E-state index in [1.807, 2.05) is 0 Å². The van der Waals surface area contributed by atoms with Crippen LogP contribution in [0.3, 0.4) is 0 Å². The molecular weight excluding hydrogens is 297 g/mol. The molecule has 1 aromatic carbocycles. The quantitative estimate of drug-likeness (QED) is 0.737. The minimum Gasteiger partial charge on any atom is -0.405 e. The SMILES string of the molecule is C=C(/C=C(\C=C/N)c1ccnn1-c1ccccc1F)NC(N)=O. The molecule has 7 heteroatoms. The Morgan fingerprint density at radius 3 is 2.74 bits per heavy atom. The molecule has 0 aliphatic rings.